The van der Waals surface area contributed by atoms with E-state index in [-0.39, 0.29) is 19.4 Å². The number of amides is 4. The Morgan fingerprint density at radius 3 is 2.17 bits per heavy atom. The van der Waals surface area contributed by atoms with Crippen LogP contribution in [0.15, 0.2) is 24.8 Å². The van der Waals surface area contributed by atoms with E-state index in [1.807, 2.05) is 0 Å². The van der Waals surface area contributed by atoms with Crippen LogP contribution >= 0.6 is 0 Å². The number of likely N-dealkylation sites (tertiary alicyclic amines) is 1. The summed E-state index contributed by atoms with van der Waals surface area (Å²) in [6, 6.07) is -0.506. The number of hydrogen-bond acceptors (Lipinski definition) is 12. The monoisotopic (exact) mass is 697 g/mol. The van der Waals surface area contributed by atoms with Gasteiger partial charge in [-0.25, -0.2) is 18.0 Å². The molecule has 2 aliphatic carbocycles. The SMILES string of the molecule is C=CC1C[C@]1(NC(=O)[C@@H]1C[C@@H](OC(=O)On2c(O)ccc2O)CN1C(=O)[C@@H](NC(=O)OC(C)(C)C)C(C)(C)C)C(=O)NS(=O)(=O)C1CC1. The third kappa shape index (κ3) is 8.14. The maximum atomic E-state index is 14.1. The Bertz CT molecular complexity index is 1570. The van der Waals surface area contributed by atoms with Gasteiger partial charge < -0.3 is 35.2 Å². The second kappa shape index (κ2) is 12.9. The van der Waals surface area contributed by atoms with Crippen LogP contribution in [0, 0.1) is 11.3 Å². The number of alkyl carbamates (subject to hydrolysis) is 1. The molecule has 1 aromatic heterocycles. The van der Waals surface area contributed by atoms with Gasteiger partial charge in [-0.1, -0.05) is 26.8 Å². The predicted octanol–water partition coefficient (Wildman–Crippen LogP) is 1.04. The average Bonchev–Trinajstić information content (AvgIpc) is 3.86. The molecule has 1 aromatic rings. The van der Waals surface area contributed by atoms with Crippen molar-refractivity contribution in [3.8, 4) is 11.8 Å². The minimum absolute atomic E-state index is 0.0514. The summed E-state index contributed by atoms with van der Waals surface area (Å²) in [5.41, 5.74) is -3.46. The Morgan fingerprint density at radius 2 is 1.67 bits per heavy atom. The van der Waals surface area contributed by atoms with E-state index in [9.17, 15) is 42.6 Å². The second-order valence-corrected chi connectivity index (χ2v) is 16.3. The maximum absolute atomic E-state index is 14.1. The van der Waals surface area contributed by atoms with E-state index in [1.165, 1.54) is 6.08 Å². The molecule has 48 heavy (non-hydrogen) atoms. The molecule has 266 valence electrons. The molecule has 3 fully saturated rings. The highest BCUT2D eigenvalue weighted by Gasteiger charge is 2.62. The van der Waals surface area contributed by atoms with E-state index in [2.05, 4.69) is 21.9 Å². The van der Waals surface area contributed by atoms with Crippen molar-refractivity contribution in [3.05, 3.63) is 24.8 Å². The number of ether oxygens (including phenoxy) is 2. The number of rotatable bonds is 10. The molecule has 0 aromatic carbocycles. The number of nitrogens with one attached hydrogen (secondary N) is 3. The normalized spacial score (nSPS) is 24.5. The Morgan fingerprint density at radius 1 is 1.06 bits per heavy atom. The lowest BCUT2D eigenvalue weighted by atomic mass is 9.85. The van der Waals surface area contributed by atoms with Crippen LogP contribution in [0.4, 0.5) is 9.59 Å². The molecule has 1 saturated heterocycles. The zero-order chi connectivity index (χ0) is 36.0. The molecule has 0 radical (unpaired) electrons. The van der Waals surface area contributed by atoms with Gasteiger partial charge in [0.1, 0.15) is 29.3 Å². The van der Waals surface area contributed by atoms with Gasteiger partial charge in [0.05, 0.1) is 11.8 Å². The molecule has 3 aliphatic rings. The molecule has 1 aliphatic heterocycles. The van der Waals surface area contributed by atoms with E-state index < -0.39 is 97.7 Å². The molecule has 4 rings (SSSR count). The molecule has 0 spiro atoms. The van der Waals surface area contributed by atoms with Crippen LogP contribution in [0.2, 0.25) is 0 Å². The van der Waals surface area contributed by atoms with Gasteiger partial charge in [-0.3, -0.25) is 23.9 Å². The Balaban J connectivity index is 1.59. The molecular weight excluding hydrogens is 654 g/mol. The first-order chi connectivity index (χ1) is 22.1. The number of hydrogen-bond donors (Lipinski definition) is 5. The first-order valence-corrected chi connectivity index (χ1v) is 16.9. The van der Waals surface area contributed by atoms with Crippen LogP contribution < -0.4 is 20.2 Å². The maximum Gasteiger partial charge on any atom is 0.534 e. The van der Waals surface area contributed by atoms with Crippen LogP contribution in [0.1, 0.15) is 67.2 Å². The fourth-order valence-corrected chi connectivity index (χ4v) is 6.73. The van der Waals surface area contributed by atoms with E-state index in [4.69, 9.17) is 14.3 Å². The highest BCUT2D eigenvalue weighted by Crippen LogP contribution is 2.45. The molecular formula is C30H43N5O12S. The van der Waals surface area contributed by atoms with E-state index >= 15 is 0 Å². The van der Waals surface area contributed by atoms with Crippen LogP contribution in [0.25, 0.3) is 0 Å². The van der Waals surface area contributed by atoms with Crippen LogP contribution in [-0.4, -0.2) is 99.4 Å². The largest absolute Gasteiger partial charge is 0.534 e. The number of carbonyl (C=O) groups excluding carboxylic acids is 5. The van der Waals surface area contributed by atoms with Crippen molar-refractivity contribution >= 4 is 40.0 Å². The summed E-state index contributed by atoms with van der Waals surface area (Å²) in [6.07, 6.45) is -1.46. The first-order valence-electron chi connectivity index (χ1n) is 15.4. The Labute approximate surface area is 277 Å². The highest BCUT2D eigenvalue weighted by atomic mass is 32.2. The summed E-state index contributed by atoms with van der Waals surface area (Å²) >= 11 is 0. The summed E-state index contributed by atoms with van der Waals surface area (Å²) in [5.74, 6) is -4.36. The van der Waals surface area contributed by atoms with E-state index in [0.29, 0.717) is 17.6 Å². The van der Waals surface area contributed by atoms with Gasteiger partial charge in [-0.05, 0) is 45.4 Å². The lowest BCUT2D eigenvalue weighted by Crippen LogP contribution is -2.60. The predicted molar refractivity (Wildman–Crippen MR) is 167 cm³/mol. The van der Waals surface area contributed by atoms with Crippen LogP contribution in [-0.2, 0) is 33.9 Å². The smallest absolute Gasteiger partial charge is 0.492 e. The third-order valence-electron chi connectivity index (χ3n) is 8.10. The minimum atomic E-state index is -3.95. The van der Waals surface area contributed by atoms with Crippen molar-refractivity contribution in [1.29, 1.82) is 0 Å². The van der Waals surface area contributed by atoms with Gasteiger partial charge in [0.25, 0.3) is 5.91 Å². The lowest BCUT2D eigenvalue weighted by Gasteiger charge is -2.36. The van der Waals surface area contributed by atoms with E-state index in [0.717, 1.165) is 17.0 Å². The van der Waals surface area contributed by atoms with E-state index in [1.54, 1.807) is 41.5 Å². The third-order valence-corrected chi connectivity index (χ3v) is 9.92. The van der Waals surface area contributed by atoms with Gasteiger partial charge in [-0.15, -0.1) is 11.3 Å². The summed E-state index contributed by atoms with van der Waals surface area (Å²) in [6.45, 7) is 13.3. The van der Waals surface area contributed by atoms with Crippen LogP contribution in [0.5, 0.6) is 11.8 Å². The molecule has 0 bridgehead atoms. The van der Waals surface area contributed by atoms with Gasteiger partial charge in [-0.2, -0.15) is 0 Å². The fourth-order valence-electron chi connectivity index (χ4n) is 5.36. The second-order valence-electron chi connectivity index (χ2n) is 14.3. The molecule has 5 N–H and O–H groups in total. The molecule has 4 amide bonds. The quantitative estimate of drug-likeness (QED) is 0.171. The zero-order valence-electron chi connectivity index (χ0n) is 27.6. The molecule has 2 heterocycles. The summed E-state index contributed by atoms with van der Waals surface area (Å²) in [5, 5.41) is 24.1. The number of sulfonamides is 1. The summed E-state index contributed by atoms with van der Waals surface area (Å²) in [7, 11) is -3.95. The van der Waals surface area contributed by atoms with Crippen molar-refractivity contribution in [1.82, 2.24) is 25.0 Å². The molecule has 18 heteroatoms. The minimum Gasteiger partial charge on any atom is -0.492 e. The van der Waals surface area contributed by atoms with Gasteiger partial charge >= 0.3 is 12.2 Å². The number of carbonyl (C=O) groups is 5. The van der Waals surface area contributed by atoms with Crippen molar-refractivity contribution < 1.29 is 56.9 Å². The molecule has 2 saturated carbocycles. The van der Waals surface area contributed by atoms with Crippen molar-refractivity contribution in [2.24, 2.45) is 11.3 Å². The average molecular weight is 698 g/mol. The number of nitrogens with zero attached hydrogens (tertiary/aromatic N) is 2. The fraction of sp³-hybridized carbons (Fsp3) is 0.633. The standard InChI is InChI=1S/C30H43N5O12S/c1-8-16-14-30(16,25(40)33-48(43,44)18-9-10-18)32-23(38)19-13-17(45-27(42)47-35-20(36)11-12-21(35)37)15-34(19)24(39)22(28(2,3)4)31-26(41)46-29(5,6)7/h8,11-12,16-19,22,36-37H,1,9-10,13-15H2,2-7H3,(H,31,41)(H,32,38)(H,33,40)/t16?,17-,19+,22-,30-/m1/s1. The highest BCUT2D eigenvalue weighted by molar-refractivity contribution is 7.91. The molecule has 17 nitrogen and oxygen atoms in total. The zero-order valence-corrected chi connectivity index (χ0v) is 28.5. The summed E-state index contributed by atoms with van der Waals surface area (Å²) < 4.78 is 38.2. The van der Waals surface area contributed by atoms with Crippen molar-refractivity contribution in [2.45, 2.75) is 102 Å². The Hall–Kier alpha value is -4.48. The first kappa shape index (κ1) is 36.4. The lowest BCUT2D eigenvalue weighted by molar-refractivity contribution is -0.143. The van der Waals surface area contributed by atoms with Gasteiger partial charge in [0, 0.05) is 24.5 Å². The van der Waals surface area contributed by atoms with Crippen LogP contribution in [0.3, 0.4) is 0 Å². The van der Waals surface area contributed by atoms with Gasteiger partial charge in [0.15, 0.2) is 0 Å². The van der Waals surface area contributed by atoms with Gasteiger partial charge in [0.2, 0.25) is 33.6 Å². The van der Waals surface area contributed by atoms with Crippen molar-refractivity contribution in [3.63, 3.8) is 0 Å². The number of aromatic nitrogens is 1. The van der Waals surface area contributed by atoms with Crippen molar-refractivity contribution in [2.75, 3.05) is 6.54 Å². The Kier molecular flexibility index (Phi) is 9.74. The molecule has 5 atom stereocenters. The molecule has 1 unspecified atom stereocenters. The number of aromatic hydroxyl groups is 2. The topological polar surface area (TPSA) is 232 Å². The summed E-state index contributed by atoms with van der Waals surface area (Å²) in [4.78, 5) is 72.7.